The molecule has 0 unspecified atom stereocenters. The lowest BCUT2D eigenvalue weighted by molar-refractivity contribution is 0.0697. The van der Waals surface area contributed by atoms with E-state index in [1.165, 1.54) is 0 Å². The summed E-state index contributed by atoms with van der Waals surface area (Å²) in [6.07, 6.45) is 0. The van der Waals surface area contributed by atoms with Crippen LogP contribution in [0, 0.1) is 0 Å². The molecule has 0 aliphatic carbocycles. The standard InChI is InChI=1S/C8H18N2O4S.C4H11NO3.ClH/c11-7-5-9-1-3-10(4-2-9)6-8-15(12,13)14;5-4(1-6,2-7)3-8;/h11H,1-8H2,(H,12,13,14);6-8H,1-3,5H2;1H. The van der Waals surface area contributed by atoms with Crippen molar-refractivity contribution in [1.82, 2.24) is 9.80 Å². The van der Waals surface area contributed by atoms with Crippen LogP contribution >= 0.6 is 12.4 Å². The van der Waals surface area contributed by atoms with Gasteiger partial charge in [0.1, 0.15) is 0 Å². The molecular weight excluding hydrogens is 366 g/mol. The Morgan fingerprint density at radius 1 is 0.875 bits per heavy atom. The number of β-amino-alcohol motifs (C(OH)–C–C–N with tert-alkyl or cyclic N) is 1. The maximum Gasteiger partial charge on any atom is 0.266 e. The Hall–Kier alpha value is -0.0800. The molecule has 0 spiro atoms. The average molecular weight is 396 g/mol. The smallest absolute Gasteiger partial charge is 0.266 e. The van der Waals surface area contributed by atoms with Crippen molar-refractivity contribution in [3.8, 4) is 0 Å². The Kier molecular flexibility index (Phi) is 14.3. The molecule has 1 aliphatic rings. The summed E-state index contributed by atoms with van der Waals surface area (Å²) < 4.78 is 29.6. The number of halogens is 1. The third kappa shape index (κ3) is 12.3. The lowest BCUT2D eigenvalue weighted by Crippen LogP contribution is -2.50. The Morgan fingerprint density at radius 2 is 1.25 bits per heavy atom. The van der Waals surface area contributed by atoms with E-state index in [1.807, 2.05) is 4.90 Å². The van der Waals surface area contributed by atoms with Crippen LogP contribution in [-0.4, -0.2) is 120 Å². The molecule has 0 aromatic heterocycles. The maximum atomic E-state index is 10.5. The molecule has 24 heavy (non-hydrogen) atoms. The number of hydrogen-bond acceptors (Lipinski definition) is 9. The highest BCUT2D eigenvalue weighted by Gasteiger charge is 2.20. The number of rotatable bonds is 8. The van der Waals surface area contributed by atoms with Crippen molar-refractivity contribution in [1.29, 1.82) is 0 Å². The van der Waals surface area contributed by atoms with Gasteiger partial charge in [0.05, 0.1) is 37.7 Å². The van der Waals surface area contributed by atoms with Gasteiger partial charge in [-0.25, -0.2) is 0 Å². The number of nitrogens with zero attached hydrogens (tertiary/aromatic N) is 2. The number of hydrogen-bond donors (Lipinski definition) is 6. The summed E-state index contributed by atoms with van der Waals surface area (Å²) >= 11 is 0. The molecule has 12 heteroatoms. The summed E-state index contributed by atoms with van der Waals surface area (Å²) in [7, 11) is -3.84. The molecule has 10 nitrogen and oxygen atoms in total. The Morgan fingerprint density at radius 3 is 1.50 bits per heavy atom. The topological polar surface area (TPSA) is 168 Å². The minimum atomic E-state index is -3.84. The predicted octanol–water partition coefficient (Wildman–Crippen LogP) is -3.43. The maximum absolute atomic E-state index is 10.5. The summed E-state index contributed by atoms with van der Waals surface area (Å²) in [4.78, 5) is 4.13. The van der Waals surface area contributed by atoms with Crippen molar-refractivity contribution in [3.63, 3.8) is 0 Å². The molecule has 0 aromatic carbocycles. The van der Waals surface area contributed by atoms with E-state index in [9.17, 15) is 8.42 Å². The van der Waals surface area contributed by atoms with Gasteiger partial charge < -0.3 is 26.2 Å². The highest BCUT2D eigenvalue weighted by atomic mass is 35.5. The minimum Gasteiger partial charge on any atom is -0.395 e. The van der Waals surface area contributed by atoms with Crippen LogP contribution in [0.3, 0.4) is 0 Å². The minimum absolute atomic E-state index is 0. The van der Waals surface area contributed by atoms with Gasteiger partial charge in [-0.1, -0.05) is 0 Å². The van der Waals surface area contributed by atoms with Crippen LogP contribution in [0.4, 0.5) is 0 Å². The molecule has 0 amide bonds. The van der Waals surface area contributed by atoms with Crippen LogP contribution < -0.4 is 5.73 Å². The van der Waals surface area contributed by atoms with Gasteiger partial charge in [-0.3, -0.25) is 14.4 Å². The first-order chi connectivity index (χ1) is 10.7. The van der Waals surface area contributed by atoms with Crippen LogP contribution in [-0.2, 0) is 10.1 Å². The summed E-state index contributed by atoms with van der Waals surface area (Å²) in [5.74, 6) is -0.201. The van der Waals surface area contributed by atoms with Crippen molar-refractivity contribution < 1.29 is 33.4 Å². The second-order valence-electron chi connectivity index (χ2n) is 5.53. The van der Waals surface area contributed by atoms with Crippen LogP contribution in [0.1, 0.15) is 0 Å². The lowest BCUT2D eigenvalue weighted by atomic mass is 10.1. The zero-order valence-corrected chi connectivity index (χ0v) is 15.3. The lowest BCUT2D eigenvalue weighted by Gasteiger charge is -2.33. The van der Waals surface area contributed by atoms with Gasteiger partial charge in [0.2, 0.25) is 0 Å². The molecule has 7 N–H and O–H groups in total. The van der Waals surface area contributed by atoms with E-state index in [0.717, 1.165) is 26.2 Å². The number of nitrogens with two attached hydrogens (primary N) is 1. The molecule has 1 heterocycles. The van der Waals surface area contributed by atoms with Crippen molar-refractivity contribution in [2.45, 2.75) is 5.54 Å². The SMILES string of the molecule is Cl.NC(CO)(CO)CO.O=S(=O)(O)CCN1CCN(CCO)CC1. The predicted molar refractivity (Wildman–Crippen MR) is 91.8 cm³/mol. The monoisotopic (exact) mass is 395 g/mol. The molecule has 1 aliphatic heterocycles. The molecule has 0 aromatic rings. The summed E-state index contributed by atoms with van der Waals surface area (Å²) in [6, 6.07) is 0. The fourth-order valence-corrected chi connectivity index (χ4v) is 2.26. The largest absolute Gasteiger partial charge is 0.395 e. The molecule has 0 atom stereocenters. The molecular formula is C12H30ClN3O7S. The highest BCUT2D eigenvalue weighted by molar-refractivity contribution is 7.85. The van der Waals surface area contributed by atoms with E-state index < -0.39 is 35.5 Å². The summed E-state index contributed by atoms with van der Waals surface area (Å²) in [5.41, 5.74) is 3.94. The molecule has 0 radical (unpaired) electrons. The van der Waals surface area contributed by atoms with Crippen LogP contribution in [0.2, 0.25) is 0 Å². The second-order valence-corrected chi connectivity index (χ2v) is 7.10. The third-order valence-electron chi connectivity index (χ3n) is 3.49. The number of aliphatic hydroxyl groups excluding tert-OH is 4. The van der Waals surface area contributed by atoms with Gasteiger partial charge in [0.15, 0.2) is 0 Å². The van der Waals surface area contributed by atoms with Gasteiger partial charge in [0, 0.05) is 39.3 Å². The van der Waals surface area contributed by atoms with Gasteiger partial charge in [-0.15, -0.1) is 12.4 Å². The zero-order chi connectivity index (χ0) is 17.9. The second kappa shape index (κ2) is 13.2. The van der Waals surface area contributed by atoms with Gasteiger partial charge in [-0.2, -0.15) is 8.42 Å². The quantitative estimate of drug-likeness (QED) is 0.227. The molecule has 1 saturated heterocycles. The summed E-state index contributed by atoms with van der Waals surface area (Å²) in [6.45, 7) is 3.26. The van der Waals surface area contributed by atoms with Crippen LogP contribution in [0.5, 0.6) is 0 Å². The van der Waals surface area contributed by atoms with Gasteiger partial charge in [0.25, 0.3) is 10.1 Å². The summed E-state index contributed by atoms with van der Waals surface area (Å²) in [5, 5.41) is 33.7. The normalized spacial score (nSPS) is 16.9. The highest BCUT2D eigenvalue weighted by Crippen LogP contribution is 2.01. The Balaban J connectivity index is 0. The first kappa shape index (κ1) is 26.2. The molecule has 0 saturated carbocycles. The van der Waals surface area contributed by atoms with Gasteiger partial charge in [-0.05, 0) is 0 Å². The average Bonchev–Trinajstić information content (AvgIpc) is 2.54. The van der Waals surface area contributed by atoms with E-state index in [4.69, 9.17) is 30.7 Å². The van der Waals surface area contributed by atoms with Crippen LogP contribution in [0.15, 0.2) is 0 Å². The van der Waals surface area contributed by atoms with Crippen molar-refractivity contribution >= 4 is 22.5 Å². The van der Waals surface area contributed by atoms with E-state index >= 15 is 0 Å². The zero-order valence-electron chi connectivity index (χ0n) is 13.6. The first-order valence-electron chi connectivity index (χ1n) is 7.32. The van der Waals surface area contributed by atoms with E-state index in [2.05, 4.69) is 4.90 Å². The van der Waals surface area contributed by atoms with Crippen molar-refractivity contribution in [2.75, 3.05) is 71.4 Å². The fourth-order valence-electron chi connectivity index (χ4n) is 1.77. The molecule has 1 fully saturated rings. The molecule has 1 rings (SSSR count). The number of aliphatic hydroxyl groups is 4. The van der Waals surface area contributed by atoms with Gasteiger partial charge >= 0.3 is 0 Å². The van der Waals surface area contributed by atoms with E-state index in [0.29, 0.717) is 13.1 Å². The number of piperazine rings is 1. The fraction of sp³-hybridized carbons (Fsp3) is 1.00. The Bertz CT molecular complexity index is 393. The Labute approximate surface area is 149 Å². The third-order valence-corrected chi connectivity index (χ3v) is 4.19. The first-order valence-corrected chi connectivity index (χ1v) is 8.93. The van der Waals surface area contributed by atoms with E-state index in [-0.39, 0.29) is 24.8 Å². The molecule has 148 valence electrons. The van der Waals surface area contributed by atoms with Crippen LogP contribution in [0.25, 0.3) is 0 Å². The van der Waals surface area contributed by atoms with Crippen molar-refractivity contribution in [2.24, 2.45) is 5.73 Å². The molecule has 0 bridgehead atoms. The van der Waals surface area contributed by atoms with Crippen molar-refractivity contribution in [3.05, 3.63) is 0 Å². The van der Waals surface area contributed by atoms with E-state index in [1.54, 1.807) is 0 Å².